The summed E-state index contributed by atoms with van der Waals surface area (Å²) in [6, 6.07) is 7.58. The molecule has 3 rings (SSSR count). The normalized spacial score (nSPS) is 19.2. The number of nitrogen functional groups attached to an aromatic ring is 1. The quantitative estimate of drug-likeness (QED) is 0.441. The third kappa shape index (κ3) is 2.65. The molecule has 112 valence electrons. The molecule has 1 saturated heterocycles. The zero-order valence-electron chi connectivity index (χ0n) is 11.7. The Kier molecular flexibility index (Phi) is 3.92. The Hall–Kier alpha value is -1.89. The molecular weight excluding hydrogens is 270 g/mol. The Labute approximate surface area is 122 Å². The van der Waals surface area contributed by atoms with Crippen molar-refractivity contribution in [3.63, 3.8) is 0 Å². The molecule has 1 aromatic carbocycles. The number of furan rings is 1. The van der Waals surface area contributed by atoms with Gasteiger partial charge in [0.1, 0.15) is 5.58 Å². The number of carbonyl (C=O) groups excluding carboxylic acids is 1. The average Bonchev–Trinajstić information content (AvgIpc) is 3.12. The first kappa shape index (κ1) is 14.1. The average molecular weight is 289 g/mol. The third-order valence-electron chi connectivity index (χ3n) is 4.05. The van der Waals surface area contributed by atoms with Gasteiger partial charge in [-0.05, 0) is 24.9 Å². The summed E-state index contributed by atoms with van der Waals surface area (Å²) in [6.07, 6.45) is 0.977. The molecule has 21 heavy (non-hydrogen) atoms. The topological polar surface area (TPSA) is 91.7 Å². The van der Waals surface area contributed by atoms with Crippen LogP contribution in [0.2, 0.25) is 0 Å². The smallest absolute Gasteiger partial charge is 0.301 e. The molecule has 6 heteroatoms. The van der Waals surface area contributed by atoms with E-state index in [0.717, 1.165) is 30.5 Å². The lowest BCUT2D eigenvalue weighted by Crippen LogP contribution is -2.31. The van der Waals surface area contributed by atoms with Crippen molar-refractivity contribution in [3.05, 3.63) is 35.6 Å². The molecule has 1 amide bonds. The van der Waals surface area contributed by atoms with E-state index in [4.69, 9.17) is 10.3 Å². The standard InChI is InChI=1S/C15H19N3O3/c16-17-15(20)14-12(8-18-6-5-10(7-18)9-19)11-3-1-2-4-13(11)21-14/h1-4,10,19H,5-9,16H2,(H,17,20). The van der Waals surface area contributed by atoms with Crippen LogP contribution in [0, 0.1) is 5.92 Å². The summed E-state index contributed by atoms with van der Waals surface area (Å²) in [4.78, 5) is 14.1. The number of benzene rings is 1. The second kappa shape index (κ2) is 5.85. The number of nitrogens with one attached hydrogen (secondary N) is 1. The highest BCUT2D eigenvalue weighted by molar-refractivity contribution is 5.98. The Balaban J connectivity index is 1.94. The van der Waals surface area contributed by atoms with Crippen LogP contribution in [0.5, 0.6) is 0 Å². The van der Waals surface area contributed by atoms with Crippen LogP contribution in [0.15, 0.2) is 28.7 Å². The van der Waals surface area contributed by atoms with Crippen molar-refractivity contribution in [2.75, 3.05) is 19.7 Å². The van der Waals surface area contributed by atoms with Gasteiger partial charge < -0.3 is 9.52 Å². The monoisotopic (exact) mass is 289 g/mol. The molecular formula is C15H19N3O3. The van der Waals surface area contributed by atoms with E-state index < -0.39 is 5.91 Å². The molecule has 1 aliphatic rings. The number of carbonyl (C=O) groups is 1. The molecule has 1 atom stereocenters. The number of nitrogens with zero attached hydrogens (tertiary/aromatic N) is 1. The first-order chi connectivity index (χ1) is 10.2. The summed E-state index contributed by atoms with van der Waals surface area (Å²) in [6.45, 7) is 2.57. The van der Waals surface area contributed by atoms with Gasteiger partial charge in [-0.25, -0.2) is 5.84 Å². The van der Waals surface area contributed by atoms with Crippen LogP contribution < -0.4 is 11.3 Å². The second-order valence-electron chi connectivity index (χ2n) is 5.45. The van der Waals surface area contributed by atoms with Crippen LogP contribution >= 0.6 is 0 Å². The minimum atomic E-state index is -0.417. The van der Waals surface area contributed by atoms with Crippen molar-refractivity contribution in [3.8, 4) is 0 Å². The van der Waals surface area contributed by atoms with Crippen LogP contribution in [0.4, 0.5) is 0 Å². The number of aliphatic hydroxyl groups excluding tert-OH is 1. The Morgan fingerprint density at radius 2 is 2.29 bits per heavy atom. The van der Waals surface area contributed by atoms with Gasteiger partial charge >= 0.3 is 5.91 Å². The zero-order valence-corrected chi connectivity index (χ0v) is 11.7. The number of nitrogens with two attached hydrogens (primary N) is 1. The molecule has 2 aromatic rings. The number of hydrazine groups is 1. The van der Waals surface area contributed by atoms with Crippen molar-refractivity contribution in [1.29, 1.82) is 0 Å². The molecule has 4 N–H and O–H groups in total. The van der Waals surface area contributed by atoms with E-state index >= 15 is 0 Å². The van der Waals surface area contributed by atoms with E-state index in [2.05, 4.69) is 10.3 Å². The molecule has 1 unspecified atom stereocenters. The summed E-state index contributed by atoms with van der Waals surface area (Å²) < 4.78 is 5.65. The predicted octanol–water partition coefficient (Wildman–Crippen LogP) is 0.850. The number of para-hydroxylation sites is 1. The number of rotatable bonds is 4. The molecule has 1 aromatic heterocycles. The first-order valence-corrected chi connectivity index (χ1v) is 7.07. The fraction of sp³-hybridized carbons (Fsp3) is 0.400. The summed E-state index contributed by atoms with van der Waals surface area (Å²) in [5.74, 6) is 5.41. The van der Waals surface area contributed by atoms with E-state index in [0.29, 0.717) is 18.0 Å². The third-order valence-corrected chi connectivity index (χ3v) is 4.05. The molecule has 6 nitrogen and oxygen atoms in total. The summed E-state index contributed by atoms with van der Waals surface area (Å²) in [7, 11) is 0. The summed E-state index contributed by atoms with van der Waals surface area (Å²) in [5.41, 5.74) is 3.67. The van der Waals surface area contributed by atoms with Gasteiger partial charge in [0.2, 0.25) is 0 Å². The van der Waals surface area contributed by atoms with Crippen LogP contribution in [0.1, 0.15) is 22.5 Å². The number of aliphatic hydroxyl groups is 1. The Bertz CT molecular complexity index is 653. The first-order valence-electron chi connectivity index (χ1n) is 7.07. The minimum Gasteiger partial charge on any atom is -0.451 e. The van der Waals surface area contributed by atoms with Gasteiger partial charge in [-0.2, -0.15) is 0 Å². The SMILES string of the molecule is NNC(=O)c1oc2ccccc2c1CN1CCC(CO)C1. The Morgan fingerprint density at radius 1 is 1.48 bits per heavy atom. The van der Waals surface area contributed by atoms with Crippen molar-refractivity contribution in [2.24, 2.45) is 11.8 Å². The lowest BCUT2D eigenvalue weighted by atomic mass is 10.1. The van der Waals surface area contributed by atoms with Crippen LogP contribution in [-0.2, 0) is 6.54 Å². The molecule has 2 heterocycles. The van der Waals surface area contributed by atoms with Crippen molar-refractivity contribution in [1.82, 2.24) is 10.3 Å². The van der Waals surface area contributed by atoms with Gasteiger partial charge in [0, 0.05) is 30.6 Å². The zero-order chi connectivity index (χ0) is 14.8. The molecule has 0 radical (unpaired) electrons. The highest BCUT2D eigenvalue weighted by atomic mass is 16.3. The second-order valence-corrected chi connectivity index (χ2v) is 5.45. The lowest BCUT2D eigenvalue weighted by Gasteiger charge is -2.15. The maximum atomic E-state index is 11.9. The maximum Gasteiger partial charge on any atom is 0.301 e. The largest absolute Gasteiger partial charge is 0.451 e. The van der Waals surface area contributed by atoms with Crippen LogP contribution in [0.25, 0.3) is 11.0 Å². The molecule has 1 fully saturated rings. The molecule has 0 saturated carbocycles. The summed E-state index contributed by atoms with van der Waals surface area (Å²) >= 11 is 0. The van der Waals surface area contributed by atoms with E-state index in [1.165, 1.54) is 0 Å². The highest BCUT2D eigenvalue weighted by Crippen LogP contribution is 2.28. The predicted molar refractivity (Wildman–Crippen MR) is 78.3 cm³/mol. The van der Waals surface area contributed by atoms with Crippen LogP contribution in [-0.4, -0.2) is 35.6 Å². The number of hydrogen-bond donors (Lipinski definition) is 3. The molecule has 0 spiro atoms. The summed E-state index contributed by atoms with van der Waals surface area (Å²) in [5, 5.41) is 10.2. The van der Waals surface area contributed by atoms with Gasteiger partial charge in [-0.3, -0.25) is 15.1 Å². The van der Waals surface area contributed by atoms with Gasteiger partial charge in [-0.1, -0.05) is 18.2 Å². The van der Waals surface area contributed by atoms with Gasteiger partial charge in [0.15, 0.2) is 5.76 Å². The number of amides is 1. The van der Waals surface area contributed by atoms with E-state index in [-0.39, 0.29) is 12.4 Å². The number of fused-ring (bicyclic) bond motifs is 1. The fourth-order valence-corrected chi connectivity index (χ4v) is 2.93. The van der Waals surface area contributed by atoms with Gasteiger partial charge in [0.25, 0.3) is 0 Å². The van der Waals surface area contributed by atoms with E-state index in [1.807, 2.05) is 24.3 Å². The van der Waals surface area contributed by atoms with Gasteiger partial charge in [0.05, 0.1) is 0 Å². The van der Waals surface area contributed by atoms with Crippen molar-refractivity contribution >= 4 is 16.9 Å². The fourth-order valence-electron chi connectivity index (χ4n) is 2.93. The number of hydrogen-bond acceptors (Lipinski definition) is 5. The van der Waals surface area contributed by atoms with Crippen molar-refractivity contribution in [2.45, 2.75) is 13.0 Å². The molecule has 1 aliphatic heterocycles. The Morgan fingerprint density at radius 3 is 3.00 bits per heavy atom. The lowest BCUT2D eigenvalue weighted by molar-refractivity contribution is 0.0925. The van der Waals surface area contributed by atoms with Crippen LogP contribution in [0.3, 0.4) is 0 Å². The minimum absolute atomic E-state index is 0.207. The van der Waals surface area contributed by atoms with Crippen molar-refractivity contribution < 1.29 is 14.3 Å². The molecule has 0 bridgehead atoms. The van der Waals surface area contributed by atoms with Gasteiger partial charge in [-0.15, -0.1) is 0 Å². The molecule has 0 aliphatic carbocycles. The number of likely N-dealkylation sites (tertiary alicyclic amines) is 1. The maximum absolute atomic E-state index is 11.9. The van der Waals surface area contributed by atoms with E-state index in [1.54, 1.807) is 0 Å². The highest BCUT2D eigenvalue weighted by Gasteiger charge is 2.26. The van der Waals surface area contributed by atoms with E-state index in [9.17, 15) is 9.90 Å².